The summed E-state index contributed by atoms with van der Waals surface area (Å²) in [7, 11) is 0. The van der Waals surface area contributed by atoms with Gasteiger partial charge in [0, 0.05) is 12.0 Å². The van der Waals surface area contributed by atoms with E-state index >= 15 is 0 Å². The molecule has 1 amide bonds. The standard InChI is InChI=1S/C17H21NO2/c1-11(19)15-4-2-3-5-16(15)18-17(20)10-14-9-12-6-7-13(14)8-12/h2-5,12-14H,6-10H2,1H3,(H,18,20). The van der Waals surface area contributed by atoms with Crippen LogP contribution in [0.15, 0.2) is 24.3 Å². The number of anilines is 1. The maximum atomic E-state index is 12.2. The van der Waals surface area contributed by atoms with E-state index in [0.717, 1.165) is 11.8 Å². The van der Waals surface area contributed by atoms with Crippen LogP contribution in [0.5, 0.6) is 0 Å². The van der Waals surface area contributed by atoms with Gasteiger partial charge in [-0.05, 0) is 56.1 Å². The van der Waals surface area contributed by atoms with Crippen LogP contribution in [0.2, 0.25) is 0 Å². The highest BCUT2D eigenvalue weighted by molar-refractivity contribution is 6.03. The van der Waals surface area contributed by atoms with Crippen molar-refractivity contribution in [3.8, 4) is 0 Å². The van der Waals surface area contributed by atoms with Gasteiger partial charge < -0.3 is 5.32 Å². The minimum atomic E-state index is -0.0131. The lowest BCUT2D eigenvalue weighted by Gasteiger charge is -2.21. The number of hydrogen-bond acceptors (Lipinski definition) is 2. The second-order valence-corrected chi connectivity index (χ2v) is 6.29. The first-order chi connectivity index (χ1) is 9.63. The maximum absolute atomic E-state index is 12.2. The molecule has 0 saturated heterocycles. The molecule has 1 aromatic carbocycles. The number of carbonyl (C=O) groups is 2. The Kier molecular flexibility index (Phi) is 3.60. The number of rotatable bonds is 4. The molecule has 0 aromatic heterocycles. The number of hydrogen-bond donors (Lipinski definition) is 1. The number of Topliss-reactive ketones (excluding diaryl/α,β-unsaturated/α-hetero) is 1. The molecule has 1 aromatic rings. The number of nitrogens with one attached hydrogen (secondary N) is 1. The van der Waals surface area contributed by atoms with Gasteiger partial charge in [0.25, 0.3) is 0 Å². The summed E-state index contributed by atoms with van der Waals surface area (Å²) in [4.78, 5) is 23.7. The molecule has 2 saturated carbocycles. The van der Waals surface area contributed by atoms with Gasteiger partial charge in [-0.2, -0.15) is 0 Å². The lowest BCUT2D eigenvalue weighted by Crippen LogP contribution is -2.21. The van der Waals surface area contributed by atoms with Gasteiger partial charge in [0.1, 0.15) is 0 Å². The minimum absolute atomic E-state index is 0.0131. The average molecular weight is 271 g/mol. The van der Waals surface area contributed by atoms with Crippen LogP contribution in [-0.2, 0) is 4.79 Å². The first-order valence-electron chi connectivity index (χ1n) is 7.53. The number of amides is 1. The van der Waals surface area contributed by atoms with E-state index in [1.165, 1.54) is 32.6 Å². The van der Waals surface area contributed by atoms with Crippen LogP contribution in [0.25, 0.3) is 0 Å². The highest BCUT2D eigenvalue weighted by Gasteiger charge is 2.40. The Morgan fingerprint density at radius 2 is 2.00 bits per heavy atom. The van der Waals surface area contributed by atoms with E-state index < -0.39 is 0 Å². The van der Waals surface area contributed by atoms with Gasteiger partial charge >= 0.3 is 0 Å². The van der Waals surface area contributed by atoms with Gasteiger partial charge in [-0.3, -0.25) is 9.59 Å². The smallest absolute Gasteiger partial charge is 0.224 e. The summed E-state index contributed by atoms with van der Waals surface area (Å²) < 4.78 is 0. The third-order valence-electron chi connectivity index (χ3n) is 4.91. The second kappa shape index (κ2) is 5.39. The van der Waals surface area contributed by atoms with Crippen molar-refractivity contribution in [2.45, 2.75) is 39.0 Å². The van der Waals surface area contributed by atoms with Gasteiger partial charge in [0.15, 0.2) is 5.78 Å². The van der Waals surface area contributed by atoms with Crippen molar-refractivity contribution in [3.05, 3.63) is 29.8 Å². The molecule has 3 unspecified atom stereocenters. The molecule has 3 rings (SSSR count). The molecular weight excluding hydrogens is 250 g/mol. The fourth-order valence-corrected chi connectivity index (χ4v) is 3.96. The van der Waals surface area contributed by atoms with Crippen LogP contribution in [-0.4, -0.2) is 11.7 Å². The lowest BCUT2D eigenvalue weighted by atomic mass is 9.86. The van der Waals surface area contributed by atoms with E-state index in [4.69, 9.17) is 0 Å². The number of ketones is 1. The molecule has 3 heteroatoms. The first-order valence-corrected chi connectivity index (χ1v) is 7.53. The van der Waals surface area contributed by atoms with Crippen LogP contribution in [0.1, 0.15) is 49.4 Å². The van der Waals surface area contributed by atoms with Crippen molar-refractivity contribution >= 4 is 17.4 Å². The molecule has 2 fully saturated rings. The largest absolute Gasteiger partial charge is 0.325 e. The Morgan fingerprint density at radius 1 is 1.20 bits per heavy atom. The molecule has 3 atom stereocenters. The fraction of sp³-hybridized carbons (Fsp3) is 0.529. The van der Waals surface area contributed by atoms with Crippen molar-refractivity contribution < 1.29 is 9.59 Å². The summed E-state index contributed by atoms with van der Waals surface area (Å²) >= 11 is 0. The van der Waals surface area contributed by atoms with Crippen LogP contribution >= 0.6 is 0 Å². The Bertz CT molecular complexity index is 538. The van der Waals surface area contributed by atoms with Crippen molar-refractivity contribution in [1.29, 1.82) is 0 Å². The molecule has 3 nitrogen and oxygen atoms in total. The van der Waals surface area contributed by atoms with E-state index in [-0.39, 0.29) is 11.7 Å². The third-order valence-corrected chi connectivity index (χ3v) is 4.91. The van der Waals surface area contributed by atoms with Gasteiger partial charge in [0.05, 0.1) is 5.69 Å². The topological polar surface area (TPSA) is 46.2 Å². The summed E-state index contributed by atoms with van der Waals surface area (Å²) in [6, 6.07) is 7.23. The van der Waals surface area contributed by atoms with E-state index in [1.54, 1.807) is 12.1 Å². The Morgan fingerprint density at radius 3 is 2.65 bits per heavy atom. The molecule has 0 radical (unpaired) electrons. The molecule has 1 N–H and O–H groups in total. The van der Waals surface area contributed by atoms with Crippen molar-refractivity contribution in [2.75, 3.05) is 5.32 Å². The van der Waals surface area contributed by atoms with Crippen LogP contribution < -0.4 is 5.32 Å². The van der Waals surface area contributed by atoms with E-state index in [0.29, 0.717) is 23.6 Å². The van der Waals surface area contributed by atoms with Crippen LogP contribution in [0.3, 0.4) is 0 Å². The zero-order valence-corrected chi connectivity index (χ0v) is 11.9. The van der Waals surface area contributed by atoms with Crippen molar-refractivity contribution in [3.63, 3.8) is 0 Å². The molecule has 0 heterocycles. The molecular formula is C17H21NO2. The van der Waals surface area contributed by atoms with E-state index in [2.05, 4.69) is 5.32 Å². The molecule has 0 spiro atoms. The lowest BCUT2D eigenvalue weighted by molar-refractivity contribution is -0.117. The van der Waals surface area contributed by atoms with Gasteiger partial charge in [-0.1, -0.05) is 18.6 Å². The maximum Gasteiger partial charge on any atom is 0.224 e. The predicted octanol–water partition coefficient (Wildman–Crippen LogP) is 3.65. The predicted molar refractivity (Wildman–Crippen MR) is 78.6 cm³/mol. The molecule has 20 heavy (non-hydrogen) atoms. The average Bonchev–Trinajstić information content (AvgIpc) is 3.01. The molecule has 106 valence electrons. The van der Waals surface area contributed by atoms with E-state index in [9.17, 15) is 9.59 Å². The van der Waals surface area contributed by atoms with Crippen molar-refractivity contribution in [1.82, 2.24) is 0 Å². The SMILES string of the molecule is CC(=O)c1ccccc1NC(=O)CC1CC2CCC1C2. The molecule has 2 aliphatic rings. The zero-order valence-electron chi connectivity index (χ0n) is 11.9. The normalized spacial score (nSPS) is 27.6. The van der Waals surface area contributed by atoms with Gasteiger partial charge in [-0.15, -0.1) is 0 Å². The fourth-order valence-electron chi connectivity index (χ4n) is 3.96. The second-order valence-electron chi connectivity index (χ2n) is 6.29. The summed E-state index contributed by atoms with van der Waals surface area (Å²) in [5.74, 6) is 2.21. The van der Waals surface area contributed by atoms with Crippen molar-refractivity contribution in [2.24, 2.45) is 17.8 Å². The number of benzene rings is 1. The summed E-state index contributed by atoms with van der Waals surface area (Å²) in [6.07, 6.45) is 5.80. The Hall–Kier alpha value is -1.64. The third kappa shape index (κ3) is 2.62. The number of carbonyl (C=O) groups excluding carboxylic acids is 2. The van der Waals surface area contributed by atoms with E-state index in [1.807, 2.05) is 12.1 Å². The van der Waals surface area contributed by atoms with Crippen LogP contribution in [0.4, 0.5) is 5.69 Å². The first kappa shape index (κ1) is 13.3. The molecule has 2 aliphatic carbocycles. The Balaban J connectivity index is 1.63. The minimum Gasteiger partial charge on any atom is -0.325 e. The summed E-state index contributed by atoms with van der Waals surface area (Å²) in [5, 5.41) is 2.92. The number of fused-ring (bicyclic) bond motifs is 2. The Labute approximate surface area is 119 Å². The highest BCUT2D eigenvalue weighted by atomic mass is 16.1. The monoisotopic (exact) mass is 271 g/mol. The highest BCUT2D eigenvalue weighted by Crippen LogP contribution is 2.49. The quantitative estimate of drug-likeness (QED) is 0.850. The zero-order chi connectivity index (χ0) is 14.1. The molecule has 0 aliphatic heterocycles. The number of para-hydroxylation sites is 1. The summed E-state index contributed by atoms with van der Waals surface area (Å²) in [5.41, 5.74) is 1.24. The van der Waals surface area contributed by atoms with Crippen LogP contribution in [0, 0.1) is 17.8 Å². The van der Waals surface area contributed by atoms with Gasteiger partial charge in [0.2, 0.25) is 5.91 Å². The molecule has 2 bridgehead atoms. The van der Waals surface area contributed by atoms with Gasteiger partial charge in [-0.25, -0.2) is 0 Å². The summed E-state index contributed by atoms with van der Waals surface area (Å²) in [6.45, 7) is 1.53.